The minimum atomic E-state index is -0.177. The summed E-state index contributed by atoms with van der Waals surface area (Å²) in [7, 11) is 1.91. The van der Waals surface area contributed by atoms with Crippen LogP contribution in [-0.4, -0.2) is 43.8 Å². The van der Waals surface area contributed by atoms with Crippen LogP contribution in [0.2, 0.25) is 0 Å². The summed E-state index contributed by atoms with van der Waals surface area (Å²) in [6.45, 7) is 2.03. The second-order valence-corrected chi connectivity index (χ2v) is 4.54. The normalized spacial score (nSPS) is 16.7. The first-order valence-corrected chi connectivity index (χ1v) is 6.43. The Balaban J connectivity index is 1.92. The highest BCUT2D eigenvalue weighted by Crippen LogP contribution is 2.14. The SMILES string of the molecule is CNCC(CCc1ccccc1)N1CCOC1=O. The summed E-state index contributed by atoms with van der Waals surface area (Å²) in [5.74, 6) is 0. The maximum atomic E-state index is 11.6. The first-order chi connectivity index (χ1) is 8.81. The molecule has 1 saturated heterocycles. The third kappa shape index (κ3) is 3.23. The van der Waals surface area contributed by atoms with Crippen molar-refractivity contribution >= 4 is 6.09 Å². The van der Waals surface area contributed by atoms with Crippen LogP contribution < -0.4 is 5.32 Å². The van der Waals surface area contributed by atoms with E-state index in [2.05, 4.69) is 17.4 Å². The standard InChI is InChI=1S/C14H20N2O2/c1-15-11-13(16-9-10-18-14(16)17)8-7-12-5-3-2-4-6-12/h2-6,13,15H,7-11H2,1H3. The van der Waals surface area contributed by atoms with Crippen molar-refractivity contribution in [2.75, 3.05) is 26.7 Å². The second-order valence-electron chi connectivity index (χ2n) is 4.54. The zero-order valence-corrected chi connectivity index (χ0v) is 10.8. The van der Waals surface area contributed by atoms with Crippen molar-refractivity contribution in [2.45, 2.75) is 18.9 Å². The summed E-state index contributed by atoms with van der Waals surface area (Å²) < 4.78 is 5.00. The molecule has 0 radical (unpaired) electrons. The topological polar surface area (TPSA) is 41.6 Å². The molecular weight excluding hydrogens is 228 g/mol. The van der Waals surface area contributed by atoms with E-state index in [0.717, 1.165) is 19.4 Å². The van der Waals surface area contributed by atoms with E-state index in [9.17, 15) is 4.79 Å². The number of rotatable bonds is 6. The first kappa shape index (κ1) is 12.9. The number of hydrogen-bond donors (Lipinski definition) is 1. The molecule has 1 aliphatic heterocycles. The van der Waals surface area contributed by atoms with E-state index < -0.39 is 0 Å². The van der Waals surface area contributed by atoms with E-state index >= 15 is 0 Å². The van der Waals surface area contributed by atoms with Crippen molar-refractivity contribution in [3.05, 3.63) is 35.9 Å². The lowest BCUT2D eigenvalue weighted by Crippen LogP contribution is -2.42. The Hall–Kier alpha value is -1.55. The minimum Gasteiger partial charge on any atom is -0.448 e. The Kier molecular flexibility index (Phi) is 4.59. The number of aryl methyl sites for hydroxylation is 1. The summed E-state index contributed by atoms with van der Waals surface area (Å²) in [6.07, 6.45) is 1.76. The van der Waals surface area contributed by atoms with Gasteiger partial charge in [0.2, 0.25) is 0 Å². The van der Waals surface area contributed by atoms with Crippen LogP contribution in [-0.2, 0) is 11.2 Å². The van der Waals surface area contributed by atoms with Crippen LogP contribution in [0.1, 0.15) is 12.0 Å². The molecule has 2 rings (SSSR count). The van der Waals surface area contributed by atoms with Crippen LogP contribution in [0, 0.1) is 0 Å². The van der Waals surface area contributed by atoms with E-state index in [4.69, 9.17) is 4.74 Å². The predicted molar refractivity (Wildman–Crippen MR) is 70.5 cm³/mol. The van der Waals surface area contributed by atoms with Crippen LogP contribution in [0.5, 0.6) is 0 Å². The van der Waals surface area contributed by atoms with Crippen molar-refractivity contribution in [3.8, 4) is 0 Å². The molecule has 1 N–H and O–H groups in total. The fourth-order valence-electron chi connectivity index (χ4n) is 2.32. The summed E-state index contributed by atoms with van der Waals surface area (Å²) in [4.78, 5) is 13.4. The molecule has 0 bridgehead atoms. The molecule has 0 saturated carbocycles. The van der Waals surface area contributed by atoms with Crippen molar-refractivity contribution in [1.82, 2.24) is 10.2 Å². The summed E-state index contributed by atoms with van der Waals surface area (Å²) in [5, 5.41) is 3.15. The lowest BCUT2D eigenvalue weighted by atomic mass is 10.0. The number of carbonyl (C=O) groups is 1. The second kappa shape index (κ2) is 6.40. The van der Waals surface area contributed by atoms with Gasteiger partial charge in [0.1, 0.15) is 6.61 Å². The van der Waals surface area contributed by atoms with E-state index in [0.29, 0.717) is 13.2 Å². The molecule has 4 heteroatoms. The molecule has 0 spiro atoms. The van der Waals surface area contributed by atoms with E-state index in [1.54, 1.807) is 0 Å². The van der Waals surface area contributed by atoms with Gasteiger partial charge < -0.3 is 15.0 Å². The molecule has 1 fully saturated rings. The van der Waals surface area contributed by atoms with Crippen LogP contribution in [0.3, 0.4) is 0 Å². The van der Waals surface area contributed by atoms with Crippen molar-refractivity contribution in [2.24, 2.45) is 0 Å². The Morgan fingerprint density at radius 3 is 2.78 bits per heavy atom. The van der Waals surface area contributed by atoms with E-state index in [-0.39, 0.29) is 12.1 Å². The number of nitrogens with one attached hydrogen (secondary N) is 1. The molecular formula is C14H20N2O2. The van der Waals surface area contributed by atoms with Gasteiger partial charge >= 0.3 is 6.09 Å². The number of ether oxygens (including phenoxy) is 1. The third-order valence-electron chi connectivity index (χ3n) is 3.28. The molecule has 1 aliphatic rings. The maximum absolute atomic E-state index is 11.6. The molecule has 1 aromatic carbocycles. The van der Waals surface area contributed by atoms with Gasteiger partial charge in [0.05, 0.1) is 6.54 Å². The van der Waals surface area contributed by atoms with Crippen molar-refractivity contribution in [1.29, 1.82) is 0 Å². The highest BCUT2D eigenvalue weighted by atomic mass is 16.6. The highest BCUT2D eigenvalue weighted by Gasteiger charge is 2.28. The van der Waals surface area contributed by atoms with Crippen molar-refractivity contribution in [3.63, 3.8) is 0 Å². The number of nitrogens with zero attached hydrogens (tertiary/aromatic N) is 1. The van der Waals surface area contributed by atoms with Gasteiger partial charge in [-0.05, 0) is 25.5 Å². The largest absolute Gasteiger partial charge is 0.448 e. The van der Waals surface area contributed by atoms with Gasteiger partial charge in [-0.1, -0.05) is 30.3 Å². The average Bonchev–Trinajstić information content (AvgIpc) is 2.82. The molecule has 1 unspecified atom stereocenters. The van der Waals surface area contributed by atoms with Gasteiger partial charge in [-0.25, -0.2) is 4.79 Å². The van der Waals surface area contributed by atoms with E-state index in [1.807, 2.05) is 30.1 Å². The maximum Gasteiger partial charge on any atom is 0.410 e. The molecule has 0 aliphatic carbocycles. The highest BCUT2D eigenvalue weighted by molar-refractivity contribution is 5.69. The number of carbonyl (C=O) groups excluding carboxylic acids is 1. The Morgan fingerprint density at radius 1 is 1.39 bits per heavy atom. The predicted octanol–water partition coefficient (Wildman–Crippen LogP) is 1.66. The van der Waals surface area contributed by atoms with Gasteiger partial charge in [0.25, 0.3) is 0 Å². The zero-order chi connectivity index (χ0) is 12.8. The van der Waals surface area contributed by atoms with Gasteiger partial charge in [-0.3, -0.25) is 0 Å². The number of benzene rings is 1. The minimum absolute atomic E-state index is 0.177. The number of amides is 1. The number of cyclic esters (lactones) is 1. The summed E-state index contributed by atoms with van der Waals surface area (Å²) in [5.41, 5.74) is 1.31. The molecule has 1 amide bonds. The molecule has 98 valence electrons. The summed E-state index contributed by atoms with van der Waals surface area (Å²) >= 11 is 0. The fraction of sp³-hybridized carbons (Fsp3) is 0.500. The Bertz CT molecular complexity index is 381. The lowest BCUT2D eigenvalue weighted by molar-refractivity contribution is 0.145. The lowest BCUT2D eigenvalue weighted by Gasteiger charge is -2.25. The van der Waals surface area contributed by atoms with Crippen LogP contribution in [0.25, 0.3) is 0 Å². The van der Waals surface area contributed by atoms with Crippen LogP contribution in [0.15, 0.2) is 30.3 Å². The van der Waals surface area contributed by atoms with Gasteiger partial charge in [0.15, 0.2) is 0 Å². The Labute approximate surface area is 108 Å². The zero-order valence-electron chi connectivity index (χ0n) is 10.8. The smallest absolute Gasteiger partial charge is 0.410 e. The van der Waals surface area contributed by atoms with Gasteiger partial charge in [-0.15, -0.1) is 0 Å². The fourth-order valence-corrected chi connectivity index (χ4v) is 2.32. The quantitative estimate of drug-likeness (QED) is 0.832. The molecule has 18 heavy (non-hydrogen) atoms. The molecule has 0 aromatic heterocycles. The molecule has 1 atom stereocenters. The Morgan fingerprint density at radius 2 is 2.17 bits per heavy atom. The van der Waals surface area contributed by atoms with Gasteiger partial charge in [0, 0.05) is 12.6 Å². The monoisotopic (exact) mass is 248 g/mol. The van der Waals surface area contributed by atoms with Crippen LogP contribution >= 0.6 is 0 Å². The molecule has 1 heterocycles. The first-order valence-electron chi connectivity index (χ1n) is 6.43. The molecule has 1 aromatic rings. The van der Waals surface area contributed by atoms with Crippen LogP contribution in [0.4, 0.5) is 4.79 Å². The molecule has 4 nitrogen and oxygen atoms in total. The van der Waals surface area contributed by atoms with Gasteiger partial charge in [-0.2, -0.15) is 0 Å². The average molecular weight is 248 g/mol. The number of hydrogen-bond acceptors (Lipinski definition) is 3. The third-order valence-corrected chi connectivity index (χ3v) is 3.28. The van der Waals surface area contributed by atoms with E-state index in [1.165, 1.54) is 5.56 Å². The van der Waals surface area contributed by atoms with Crippen molar-refractivity contribution < 1.29 is 9.53 Å². The summed E-state index contributed by atoms with van der Waals surface area (Å²) in [6, 6.07) is 10.6. The number of likely N-dealkylation sites (N-methyl/N-ethyl adjacent to an activating group) is 1.